The van der Waals surface area contributed by atoms with E-state index in [1.54, 1.807) is 0 Å². The van der Waals surface area contributed by atoms with Crippen LogP contribution in [0.2, 0.25) is 0 Å². The summed E-state index contributed by atoms with van der Waals surface area (Å²) in [5.41, 5.74) is 3.01. The second-order valence-electron chi connectivity index (χ2n) is 6.25. The number of carbonyl (C=O) groups is 1. The second kappa shape index (κ2) is 6.11. The van der Waals surface area contributed by atoms with Gasteiger partial charge in [-0.05, 0) is 31.4 Å². The molecular formula is C18H20N4O2. The van der Waals surface area contributed by atoms with Gasteiger partial charge >= 0.3 is 0 Å². The molecule has 24 heavy (non-hydrogen) atoms. The molecule has 1 aromatic heterocycles. The molecular weight excluding hydrogens is 304 g/mol. The molecule has 2 aliphatic rings. The predicted molar refractivity (Wildman–Crippen MR) is 90.0 cm³/mol. The topological polar surface area (TPSA) is 76.1 Å². The fourth-order valence-corrected chi connectivity index (χ4v) is 3.28. The Morgan fingerprint density at radius 1 is 1.29 bits per heavy atom. The van der Waals surface area contributed by atoms with E-state index in [1.807, 2.05) is 25.1 Å². The monoisotopic (exact) mass is 324 g/mol. The molecule has 3 heterocycles. The molecule has 0 bridgehead atoms. The van der Waals surface area contributed by atoms with Gasteiger partial charge in [0.1, 0.15) is 30.0 Å². The molecule has 0 saturated carbocycles. The highest BCUT2D eigenvalue weighted by Gasteiger charge is 2.26. The van der Waals surface area contributed by atoms with Gasteiger partial charge in [0, 0.05) is 18.5 Å². The molecule has 0 spiro atoms. The second-order valence-corrected chi connectivity index (χ2v) is 6.25. The largest absolute Gasteiger partial charge is 0.487 e. The van der Waals surface area contributed by atoms with E-state index in [0.29, 0.717) is 18.9 Å². The Morgan fingerprint density at radius 2 is 2.17 bits per heavy atom. The van der Waals surface area contributed by atoms with Gasteiger partial charge in [-0.1, -0.05) is 18.2 Å². The number of para-hydroxylation sites is 1. The average Bonchev–Trinajstić information content (AvgIpc) is 2.76. The highest BCUT2D eigenvalue weighted by atomic mass is 16.5. The van der Waals surface area contributed by atoms with Crippen LogP contribution in [0.1, 0.15) is 35.5 Å². The molecule has 1 atom stereocenters. The van der Waals surface area contributed by atoms with Crippen LogP contribution in [-0.2, 0) is 17.8 Å². The van der Waals surface area contributed by atoms with Crippen LogP contribution in [0.3, 0.4) is 0 Å². The lowest BCUT2D eigenvalue weighted by Crippen LogP contribution is -2.44. The minimum Gasteiger partial charge on any atom is -0.487 e. The number of benzene rings is 1. The molecule has 2 aromatic rings. The van der Waals surface area contributed by atoms with Gasteiger partial charge in [0.15, 0.2) is 0 Å². The quantitative estimate of drug-likeness (QED) is 0.883. The summed E-state index contributed by atoms with van der Waals surface area (Å²) in [4.78, 5) is 21.2. The summed E-state index contributed by atoms with van der Waals surface area (Å²) in [7, 11) is 0. The molecule has 0 unspecified atom stereocenters. The maximum absolute atomic E-state index is 12.1. The zero-order valence-corrected chi connectivity index (χ0v) is 13.6. The maximum Gasteiger partial charge on any atom is 0.242 e. The first-order valence-corrected chi connectivity index (χ1v) is 8.32. The van der Waals surface area contributed by atoms with Crippen LogP contribution in [0, 0.1) is 6.92 Å². The van der Waals surface area contributed by atoms with Gasteiger partial charge in [0.25, 0.3) is 0 Å². The number of nitrogens with zero attached hydrogens (tertiary/aromatic N) is 2. The smallest absolute Gasteiger partial charge is 0.242 e. The van der Waals surface area contributed by atoms with E-state index in [0.717, 1.165) is 47.8 Å². The van der Waals surface area contributed by atoms with Gasteiger partial charge in [-0.15, -0.1) is 0 Å². The number of aryl methyl sites for hydroxylation is 1. The third kappa shape index (κ3) is 2.79. The Morgan fingerprint density at radius 3 is 3.04 bits per heavy atom. The van der Waals surface area contributed by atoms with Crippen molar-refractivity contribution in [2.75, 3.05) is 11.9 Å². The Bertz CT molecular complexity index is 791. The van der Waals surface area contributed by atoms with Gasteiger partial charge in [-0.25, -0.2) is 9.97 Å². The van der Waals surface area contributed by atoms with Gasteiger partial charge < -0.3 is 15.4 Å². The average molecular weight is 324 g/mol. The molecule has 2 N–H and O–H groups in total. The van der Waals surface area contributed by atoms with Crippen LogP contribution in [0.4, 0.5) is 5.82 Å². The standard InChI is InChI=1S/C18H20N4O2/c1-11-20-15-10-24-16-7-3-2-5-12(16)9-13(15)17(21-11)22-14-6-4-8-19-18(14)23/h2-3,5,7,14H,4,6,8-10H2,1H3,(H,19,23)(H,20,21,22)/t14-/m0/s1. The summed E-state index contributed by atoms with van der Waals surface area (Å²) < 4.78 is 5.90. The minimum atomic E-state index is -0.239. The van der Waals surface area contributed by atoms with Gasteiger partial charge in [-0.2, -0.15) is 0 Å². The zero-order valence-electron chi connectivity index (χ0n) is 13.6. The van der Waals surface area contributed by atoms with E-state index in [4.69, 9.17) is 4.74 Å². The molecule has 6 nitrogen and oxygen atoms in total. The molecule has 1 amide bonds. The molecule has 1 aromatic carbocycles. The first-order valence-electron chi connectivity index (χ1n) is 8.32. The molecule has 2 aliphatic heterocycles. The van der Waals surface area contributed by atoms with E-state index < -0.39 is 0 Å². The molecule has 124 valence electrons. The normalized spacial score (nSPS) is 19.4. The van der Waals surface area contributed by atoms with Crippen LogP contribution < -0.4 is 15.4 Å². The minimum absolute atomic E-state index is 0.0385. The molecule has 6 heteroatoms. The summed E-state index contributed by atoms with van der Waals surface area (Å²) in [5, 5.41) is 6.24. The predicted octanol–water partition coefficient (Wildman–Crippen LogP) is 1.96. The van der Waals surface area contributed by atoms with Gasteiger partial charge in [0.2, 0.25) is 5.91 Å². The molecule has 0 aliphatic carbocycles. The van der Waals surface area contributed by atoms with Crippen molar-refractivity contribution in [1.29, 1.82) is 0 Å². The van der Waals surface area contributed by atoms with Crippen molar-refractivity contribution < 1.29 is 9.53 Å². The van der Waals surface area contributed by atoms with Crippen molar-refractivity contribution in [2.45, 2.75) is 38.8 Å². The summed E-state index contributed by atoms with van der Waals surface area (Å²) in [6, 6.07) is 7.77. The number of hydrogen-bond donors (Lipinski definition) is 2. The number of anilines is 1. The number of rotatable bonds is 2. The highest BCUT2D eigenvalue weighted by Crippen LogP contribution is 2.31. The van der Waals surface area contributed by atoms with Gasteiger partial charge in [-0.3, -0.25) is 4.79 Å². The van der Waals surface area contributed by atoms with Crippen LogP contribution in [0.25, 0.3) is 0 Å². The molecule has 4 rings (SSSR count). The number of fused-ring (bicyclic) bond motifs is 2. The maximum atomic E-state index is 12.1. The number of aromatic nitrogens is 2. The summed E-state index contributed by atoms with van der Waals surface area (Å²) in [6.07, 6.45) is 2.49. The Labute approximate surface area is 140 Å². The van der Waals surface area contributed by atoms with Crippen LogP contribution in [-0.4, -0.2) is 28.5 Å². The number of hydrogen-bond acceptors (Lipinski definition) is 5. The lowest BCUT2D eigenvalue weighted by molar-refractivity contribution is -0.123. The SMILES string of the molecule is Cc1nc2c(c(N[C@H]3CCCNC3=O)n1)Cc1ccccc1OC2. The summed E-state index contributed by atoms with van der Waals surface area (Å²) in [5.74, 6) is 2.35. The number of carbonyl (C=O) groups excluding carboxylic acids is 1. The lowest BCUT2D eigenvalue weighted by atomic mass is 10.0. The van der Waals surface area contributed by atoms with Crippen LogP contribution in [0.15, 0.2) is 24.3 Å². The van der Waals surface area contributed by atoms with Crippen LogP contribution >= 0.6 is 0 Å². The van der Waals surface area contributed by atoms with Crippen molar-refractivity contribution in [3.05, 3.63) is 46.9 Å². The van der Waals surface area contributed by atoms with Crippen molar-refractivity contribution in [3.63, 3.8) is 0 Å². The lowest BCUT2D eigenvalue weighted by Gasteiger charge is -2.24. The Balaban J connectivity index is 1.71. The van der Waals surface area contributed by atoms with Crippen molar-refractivity contribution in [1.82, 2.24) is 15.3 Å². The molecule has 0 radical (unpaired) electrons. The summed E-state index contributed by atoms with van der Waals surface area (Å²) in [6.45, 7) is 3.03. The third-order valence-corrected chi connectivity index (χ3v) is 4.51. The van der Waals surface area contributed by atoms with Crippen molar-refractivity contribution >= 4 is 11.7 Å². The number of nitrogens with one attached hydrogen (secondary N) is 2. The first-order chi connectivity index (χ1) is 11.7. The Hall–Kier alpha value is -2.63. The third-order valence-electron chi connectivity index (χ3n) is 4.51. The van der Waals surface area contributed by atoms with Crippen LogP contribution in [0.5, 0.6) is 5.75 Å². The highest BCUT2D eigenvalue weighted by molar-refractivity contribution is 5.85. The van der Waals surface area contributed by atoms with E-state index in [-0.39, 0.29) is 11.9 Å². The van der Waals surface area contributed by atoms with E-state index in [1.165, 1.54) is 0 Å². The van der Waals surface area contributed by atoms with E-state index >= 15 is 0 Å². The summed E-state index contributed by atoms with van der Waals surface area (Å²) >= 11 is 0. The zero-order chi connectivity index (χ0) is 16.5. The van der Waals surface area contributed by atoms with E-state index in [2.05, 4.69) is 26.7 Å². The van der Waals surface area contributed by atoms with Crippen molar-refractivity contribution in [2.24, 2.45) is 0 Å². The van der Waals surface area contributed by atoms with Crippen molar-refractivity contribution in [3.8, 4) is 5.75 Å². The number of amides is 1. The number of ether oxygens (including phenoxy) is 1. The molecule has 1 saturated heterocycles. The molecule has 1 fully saturated rings. The van der Waals surface area contributed by atoms with E-state index in [9.17, 15) is 4.79 Å². The fourth-order valence-electron chi connectivity index (χ4n) is 3.28. The fraction of sp³-hybridized carbons (Fsp3) is 0.389. The number of piperidine rings is 1. The van der Waals surface area contributed by atoms with Gasteiger partial charge in [0.05, 0.1) is 5.69 Å². The Kier molecular flexibility index (Phi) is 3.80. The first kappa shape index (κ1) is 14.9.